The van der Waals surface area contributed by atoms with Gasteiger partial charge in [-0.1, -0.05) is 18.2 Å². The van der Waals surface area contributed by atoms with Crippen molar-refractivity contribution in [2.24, 2.45) is 0 Å². The minimum Gasteiger partial charge on any atom is -0.348 e. The van der Waals surface area contributed by atoms with Crippen molar-refractivity contribution in [2.45, 2.75) is 13.5 Å². The monoisotopic (exact) mass is 283 g/mol. The normalized spacial score (nSPS) is 10.8. The van der Waals surface area contributed by atoms with Crippen molar-refractivity contribution < 1.29 is 9.18 Å². The van der Waals surface area contributed by atoms with Gasteiger partial charge in [-0.15, -0.1) is 0 Å². The number of hydrogen-bond acceptors (Lipinski definition) is 2. The molecule has 3 aromatic rings. The number of pyridine rings is 1. The number of amides is 1. The highest BCUT2D eigenvalue weighted by Gasteiger charge is 2.12. The lowest BCUT2D eigenvalue weighted by atomic mass is 10.2. The van der Waals surface area contributed by atoms with Crippen LogP contribution in [0.2, 0.25) is 0 Å². The SMILES string of the molecule is Cc1cn2cccc(C(=O)NCc3ccccc3F)c2n1. The molecule has 2 aromatic heterocycles. The molecule has 1 aromatic carbocycles. The summed E-state index contributed by atoms with van der Waals surface area (Å²) in [6.45, 7) is 2.01. The van der Waals surface area contributed by atoms with Crippen LogP contribution in [0.4, 0.5) is 4.39 Å². The molecule has 0 saturated carbocycles. The number of carbonyl (C=O) groups excluding carboxylic acids is 1. The number of rotatable bonds is 3. The van der Waals surface area contributed by atoms with Crippen LogP contribution >= 0.6 is 0 Å². The number of nitrogens with zero attached hydrogens (tertiary/aromatic N) is 2. The number of aromatic nitrogens is 2. The highest BCUT2D eigenvalue weighted by atomic mass is 19.1. The third kappa shape index (κ3) is 2.63. The Morgan fingerprint density at radius 1 is 1.29 bits per heavy atom. The summed E-state index contributed by atoms with van der Waals surface area (Å²) in [7, 11) is 0. The molecule has 0 aliphatic carbocycles. The van der Waals surface area contributed by atoms with Crippen molar-refractivity contribution in [3.63, 3.8) is 0 Å². The summed E-state index contributed by atoms with van der Waals surface area (Å²) in [5, 5.41) is 2.73. The molecule has 0 aliphatic heterocycles. The summed E-state index contributed by atoms with van der Waals surface area (Å²) in [6.07, 6.45) is 3.69. The van der Waals surface area contributed by atoms with Crippen molar-refractivity contribution in [1.82, 2.24) is 14.7 Å². The molecule has 0 saturated heterocycles. The van der Waals surface area contributed by atoms with Gasteiger partial charge in [0, 0.05) is 24.5 Å². The van der Waals surface area contributed by atoms with Crippen LogP contribution in [0.25, 0.3) is 5.65 Å². The molecule has 0 fully saturated rings. The van der Waals surface area contributed by atoms with Gasteiger partial charge >= 0.3 is 0 Å². The Morgan fingerprint density at radius 3 is 2.90 bits per heavy atom. The van der Waals surface area contributed by atoms with Gasteiger partial charge < -0.3 is 9.72 Å². The topological polar surface area (TPSA) is 46.4 Å². The molecule has 2 heterocycles. The summed E-state index contributed by atoms with van der Waals surface area (Å²) in [5.41, 5.74) is 2.37. The molecule has 0 atom stereocenters. The van der Waals surface area contributed by atoms with E-state index >= 15 is 0 Å². The highest BCUT2D eigenvalue weighted by molar-refractivity contribution is 5.99. The summed E-state index contributed by atoms with van der Waals surface area (Å²) in [5.74, 6) is -0.595. The van der Waals surface area contributed by atoms with E-state index in [9.17, 15) is 9.18 Å². The molecule has 5 heteroatoms. The summed E-state index contributed by atoms with van der Waals surface area (Å²) < 4.78 is 15.3. The molecular formula is C16H14FN3O. The first-order valence-corrected chi connectivity index (χ1v) is 6.61. The molecule has 0 radical (unpaired) electrons. The van der Waals surface area contributed by atoms with Crippen LogP contribution in [0, 0.1) is 12.7 Å². The Kier molecular flexibility index (Phi) is 3.39. The summed E-state index contributed by atoms with van der Waals surface area (Å²) in [4.78, 5) is 16.6. The average Bonchev–Trinajstić information content (AvgIpc) is 2.86. The molecule has 1 amide bonds. The quantitative estimate of drug-likeness (QED) is 0.803. The number of halogens is 1. The molecular weight excluding hydrogens is 269 g/mol. The Bertz CT molecular complexity index is 810. The maximum absolute atomic E-state index is 13.5. The molecule has 3 rings (SSSR count). The number of aryl methyl sites for hydroxylation is 1. The van der Waals surface area contributed by atoms with Crippen molar-refractivity contribution >= 4 is 11.6 Å². The number of nitrogens with one attached hydrogen (secondary N) is 1. The van der Waals surface area contributed by atoms with E-state index in [0.717, 1.165) is 5.69 Å². The fourth-order valence-corrected chi connectivity index (χ4v) is 2.23. The number of benzene rings is 1. The van der Waals surface area contributed by atoms with E-state index < -0.39 is 0 Å². The first-order valence-electron chi connectivity index (χ1n) is 6.61. The Hall–Kier alpha value is -2.69. The van der Waals surface area contributed by atoms with E-state index in [1.165, 1.54) is 6.07 Å². The second-order valence-electron chi connectivity index (χ2n) is 4.81. The van der Waals surface area contributed by atoms with E-state index in [4.69, 9.17) is 0 Å². The number of carbonyl (C=O) groups is 1. The van der Waals surface area contributed by atoms with Crippen LogP contribution in [0.1, 0.15) is 21.6 Å². The van der Waals surface area contributed by atoms with Gasteiger partial charge in [0.2, 0.25) is 0 Å². The zero-order valence-electron chi connectivity index (χ0n) is 11.5. The molecule has 106 valence electrons. The fourth-order valence-electron chi connectivity index (χ4n) is 2.23. The van der Waals surface area contributed by atoms with Gasteiger partial charge in [0.05, 0.1) is 11.3 Å². The zero-order valence-corrected chi connectivity index (χ0v) is 11.5. The zero-order chi connectivity index (χ0) is 14.8. The fraction of sp³-hybridized carbons (Fsp3) is 0.125. The van der Waals surface area contributed by atoms with Crippen molar-refractivity contribution in [1.29, 1.82) is 0 Å². The molecule has 21 heavy (non-hydrogen) atoms. The number of fused-ring (bicyclic) bond motifs is 1. The lowest BCUT2D eigenvalue weighted by molar-refractivity contribution is 0.0951. The smallest absolute Gasteiger partial charge is 0.255 e. The first-order chi connectivity index (χ1) is 10.1. The third-order valence-corrected chi connectivity index (χ3v) is 3.25. The highest BCUT2D eigenvalue weighted by Crippen LogP contribution is 2.12. The maximum Gasteiger partial charge on any atom is 0.255 e. The van der Waals surface area contributed by atoms with Gasteiger partial charge in [0.15, 0.2) is 0 Å². The molecule has 4 nitrogen and oxygen atoms in total. The largest absolute Gasteiger partial charge is 0.348 e. The Balaban J connectivity index is 1.83. The van der Waals surface area contributed by atoms with E-state index in [-0.39, 0.29) is 18.3 Å². The van der Waals surface area contributed by atoms with Crippen LogP contribution in [0.5, 0.6) is 0 Å². The maximum atomic E-state index is 13.5. The van der Waals surface area contributed by atoms with Crippen LogP contribution in [0.15, 0.2) is 48.8 Å². The predicted octanol–water partition coefficient (Wildman–Crippen LogP) is 2.71. The van der Waals surface area contributed by atoms with Crippen LogP contribution in [-0.2, 0) is 6.54 Å². The molecule has 0 aliphatic rings. The van der Waals surface area contributed by atoms with Gasteiger partial charge in [-0.3, -0.25) is 4.79 Å². The van der Waals surface area contributed by atoms with Gasteiger partial charge in [-0.25, -0.2) is 9.37 Å². The van der Waals surface area contributed by atoms with Crippen molar-refractivity contribution in [3.05, 3.63) is 71.4 Å². The van der Waals surface area contributed by atoms with Crippen molar-refractivity contribution in [2.75, 3.05) is 0 Å². The lowest BCUT2D eigenvalue weighted by Crippen LogP contribution is -2.24. The second kappa shape index (κ2) is 5.36. The second-order valence-corrected chi connectivity index (χ2v) is 4.81. The minimum absolute atomic E-state index is 0.145. The molecule has 1 N–H and O–H groups in total. The van der Waals surface area contributed by atoms with Gasteiger partial charge in [-0.05, 0) is 25.1 Å². The first kappa shape index (κ1) is 13.3. The third-order valence-electron chi connectivity index (χ3n) is 3.25. The standard InChI is InChI=1S/C16H14FN3O/c1-11-10-20-8-4-6-13(15(20)19-11)16(21)18-9-12-5-2-3-7-14(12)17/h2-8,10H,9H2,1H3,(H,18,21). The number of imidazole rings is 1. The van der Waals surface area contributed by atoms with E-state index in [2.05, 4.69) is 10.3 Å². The van der Waals surface area contributed by atoms with E-state index in [0.29, 0.717) is 16.8 Å². The minimum atomic E-state index is -0.326. The average molecular weight is 283 g/mol. The summed E-state index contributed by atoms with van der Waals surface area (Å²) >= 11 is 0. The number of hydrogen-bond donors (Lipinski definition) is 1. The summed E-state index contributed by atoms with van der Waals surface area (Å²) in [6, 6.07) is 9.87. The molecule has 0 spiro atoms. The van der Waals surface area contributed by atoms with E-state index in [1.54, 1.807) is 34.7 Å². The lowest BCUT2D eigenvalue weighted by Gasteiger charge is -2.07. The van der Waals surface area contributed by atoms with Crippen molar-refractivity contribution in [3.8, 4) is 0 Å². The Morgan fingerprint density at radius 2 is 2.10 bits per heavy atom. The Labute approximate surface area is 121 Å². The van der Waals surface area contributed by atoms with Gasteiger partial charge in [0.1, 0.15) is 11.5 Å². The molecule has 0 unspecified atom stereocenters. The van der Waals surface area contributed by atoms with Crippen LogP contribution in [-0.4, -0.2) is 15.3 Å². The van der Waals surface area contributed by atoms with Crippen LogP contribution < -0.4 is 5.32 Å². The predicted molar refractivity (Wildman–Crippen MR) is 77.5 cm³/mol. The molecule has 0 bridgehead atoms. The van der Waals surface area contributed by atoms with E-state index in [1.807, 2.05) is 19.3 Å². The van der Waals surface area contributed by atoms with Gasteiger partial charge in [-0.2, -0.15) is 0 Å². The van der Waals surface area contributed by atoms with Crippen LogP contribution in [0.3, 0.4) is 0 Å². The van der Waals surface area contributed by atoms with Gasteiger partial charge in [0.25, 0.3) is 5.91 Å².